The second-order valence-corrected chi connectivity index (χ2v) is 9.50. The molecule has 4 atom stereocenters. The van der Waals surface area contributed by atoms with Crippen LogP contribution in [0.3, 0.4) is 0 Å². The van der Waals surface area contributed by atoms with Crippen molar-refractivity contribution in [3.05, 3.63) is 83.8 Å². The van der Waals surface area contributed by atoms with Crippen molar-refractivity contribution in [3.8, 4) is 0 Å². The second kappa shape index (κ2) is 10.5. The molecule has 3 aromatic rings. The van der Waals surface area contributed by atoms with E-state index in [-0.39, 0.29) is 6.42 Å². The molecule has 4 rings (SSSR count). The first-order valence-corrected chi connectivity index (χ1v) is 12.3. The number of aryl methyl sites for hydroxylation is 2. The Labute approximate surface area is 210 Å². The van der Waals surface area contributed by atoms with Gasteiger partial charge in [0.25, 0.3) is 0 Å². The molecule has 0 bridgehead atoms. The highest BCUT2D eigenvalue weighted by atomic mass is 16.3. The number of hydrogen-bond acceptors (Lipinski definition) is 5. The van der Waals surface area contributed by atoms with Crippen molar-refractivity contribution in [1.29, 1.82) is 0 Å². The number of benzene rings is 2. The first kappa shape index (κ1) is 25.4. The molecule has 7 heteroatoms. The van der Waals surface area contributed by atoms with Gasteiger partial charge in [0.05, 0.1) is 23.7 Å². The standard InChI is InChI=1S/C29H32N2O5/c1-4-18-11-6-8-13-20(18)30-27(33)24-22(32)17-29(3,35)26(25(24)23-15-10-16-36-23)28(34)31-21-14-9-7-12-19(21)5-2/h6-16,24-26,35H,4-5,17H2,1-3H3,(H,30,33)(H,31,34). The smallest absolute Gasteiger partial charge is 0.235 e. The first-order valence-electron chi connectivity index (χ1n) is 12.3. The average Bonchev–Trinajstić information content (AvgIpc) is 3.38. The number of para-hydroxylation sites is 2. The number of aliphatic hydroxyl groups is 1. The van der Waals surface area contributed by atoms with E-state index in [4.69, 9.17) is 4.42 Å². The van der Waals surface area contributed by atoms with Crippen LogP contribution in [0.2, 0.25) is 0 Å². The van der Waals surface area contributed by atoms with Gasteiger partial charge in [0.2, 0.25) is 11.8 Å². The zero-order chi connectivity index (χ0) is 25.9. The summed E-state index contributed by atoms with van der Waals surface area (Å²) in [5, 5.41) is 17.2. The van der Waals surface area contributed by atoms with E-state index in [1.54, 1.807) is 24.3 Å². The van der Waals surface area contributed by atoms with Crippen molar-refractivity contribution in [2.24, 2.45) is 11.8 Å². The summed E-state index contributed by atoms with van der Waals surface area (Å²) in [7, 11) is 0. The Balaban J connectivity index is 1.73. The van der Waals surface area contributed by atoms with Gasteiger partial charge < -0.3 is 20.2 Å². The fourth-order valence-electron chi connectivity index (χ4n) is 5.24. The molecule has 1 aromatic heterocycles. The maximum atomic E-state index is 13.7. The number of ketones is 1. The van der Waals surface area contributed by atoms with E-state index >= 15 is 0 Å². The average molecular weight is 489 g/mol. The number of anilines is 2. The van der Waals surface area contributed by atoms with Crippen LogP contribution in [0.15, 0.2) is 71.3 Å². The highest BCUT2D eigenvalue weighted by molar-refractivity contribution is 6.10. The lowest BCUT2D eigenvalue weighted by molar-refractivity contribution is -0.151. The van der Waals surface area contributed by atoms with E-state index in [9.17, 15) is 19.5 Å². The number of carbonyl (C=O) groups excluding carboxylic acids is 3. The van der Waals surface area contributed by atoms with E-state index in [0.717, 1.165) is 11.1 Å². The van der Waals surface area contributed by atoms with E-state index in [1.165, 1.54) is 13.2 Å². The molecule has 0 spiro atoms. The molecule has 36 heavy (non-hydrogen) atoms. The van der Waals surface area contributed by atoms with Crippen molar-refractivity contribution < 1.29 is 23.9 Å². The number of amides is 2. The lowest BCUT2D eigenvalue weighted by atomic mass is 9.62. The second-order valence-electron chi connectivity index (χ2n) is 9.50. The van der Waals surface area contributed by atoms with E-state index in [0.29, 0.717) is 30.0 Å². The van der Waals surface area contributed by atoms with Gasteiger partial charge in [0.1, 0.15) is 17.5 Å². The third-order valence-electron chi connectivity index (χ3n) is 7.02. The number of Topliss-reactive ketones (excluding diaryl/α,β-unsaturated/α-hetero) is 1. The fraction of sp³-hybridized carbons (Fsp3) is 0.345. The Morgan fingerprint density at radius 2 is 1.47 bits per heavy atom. The third kappa shape index (κ3) is 4.97. The first-order chi connectivity index (χ1) is 17.3. The van der Waals surface area contributed by atoms with E-state index in [2.05, 4.69) is 10.6 Å². The molecule has 2 aromatic carbocycles. The van der Waals surface area contributed by atoms with Crippen molar-refractivity contribution >= 4 is 29.0 Å². The summed E-state index contributed by atoms with van der Waals surface area (Å²) < 4.78 is 5.64. The lowest BCUT2D eigenvalue weighted by Crippen LogP contribution is -2.56. The van der Waals surface area contributed by atoms with E-state index in [1.807, 2.05) is 50.2 Å². The van der Waals surface area contributed by atoms with Gasteiger partial charge in [-0.05, 0) is 55.2 Å². The van der Waals surface area contributed by atoms with E-state index < -0.39 is 41.0 Å². The van der Waals surface area contributed by atoms with Crippen LogP contribution in [0.4, 0.5) is 11.4 Å². The fourth-order valence-corrected chi connectivity index (χ4v) is 5.24. The molecule has 1 fully saturated rings. The summed E-state index contributed by atoms with van der Waals surface area (Å²) in [6.45, 7) is 5.44. The number of rotatable bonds is 7. The SMILES string of the molecule is CCc1ccccc1NC(=O)C1C(=O)CC(C)(O)C(C(=O)Nc2ccccc2CC)C1c1ccco1. The minimum atomic E-state index is -1.68. The molecule has 0 radical (unpaired) electrons. The molecule has 188 valence electrons. The summed E-state index contributed by atoms with van der Waals surface area (Å²) >= 11 is 0. The summed E-state index contributed by atoms with van der Waals surface area (Å²) in [4.78, 5) is 40.7. The quantitative estimate of drug-likeness (QED) is 0.417. The van der Waals surface area contributed by atoms with Gasteiger partial charge in [-0.2, -0.15) is 0 Å². The molecule has 4 unspecified atom stereocenters. The van der Waals surface area contributed by atoms with Gasteiger partial charge in [-0.25, -0.2) is 0 Å². The van der Waals surface area contributed by atoms with Crippen LogP contribution in [0.25, 0.3) is 0 Å². The molecular weight excluding hydrogens is 456 g/mol. The third-order valence-corrected chi connectivity index (χ3v) is 7.02. The molecule has 7 nitrogen and oxygen atoms in total. The number of furan rings is 1. The number of hydrogen-bond donors (Lipinski definition) is 3. The van der Waals surface area contributed by atoms with Crippen molar-refractivity contribution in [2.45, 2.75) is 51.6 Å². The Morgan fingerprint density at radius 1 is 0.917 bits per heavy atom. The Hall–Kier alpha value is -3.71. The monoisotopic (exact) mass is 488 g/mol. The van der Waals surface area contributed by atoms with Crippen molar-refractivity contribution in [2.75, 3.05) is 10.6 Å². The minimum absolute atomic E-state index is 0.302. The summed E-state index contributed by atoms with van der Waals surface area (Å²) in [5.41, 5.74) is 1.44. The van der Waals surface area contributed by atoms with Crippen molar-refractivity contribution in [1.82, 2.24) is 0 Å². The van der Waals surface area contributed by atoms with Gasteiger partial charge in [-0.1, -0.05) is 50.2 Å². The molecule has 1 aliphatic carbocycles. The van der Waals surface area contributed by atoms with Crippen LogP contribution in [-0.4, -0.2) is 28.3 Å². The predicted molar refractivity (Wildman–Crippen MR) is 138 cm³/mol. The van der Waals surface area contributed by atoms with Gasteiger partial charge in [0, 0.05) is 17.8 Å². The molecular formula is C29H32N2O5. The number of carbonyl (C=O) groups is 3. The maximum absolute atomic E-state index is 13.7. The van der Waals surface area contributed by atoms with Crippen LogP contribution in [0.1, 0.15) is 50.0 Å². The molecule has 1 heterocycles. The molecule has 1 saturated carbocycles. The normalized spacial score (nSPS) is 23.8. The molecule has 1 aliphatic rings. The Morgan fingerprint density at radius 3 is 2.00 bits per heavy atom. The minimum Gasteiger partial charge on any atom is -0.469 e. The van der Waals surface area contributed by atoms with Crippen LogP contribution in [0.5, 0.6) is 0 Å². The zero-order valence-electron chi connectivity index (χ0n) is 20.8. The van der Waals surface area contributed by atoms with Gasteiger partial charge in [-0.15, -0.1) is 0 Å². The highest BCUT2D eigenvalue weighted by Gasteiger charge is 2.57. The number of nitrogens with one attached hydrogen (secondary N) is 2. The van der Waals surface area contributed by atoms with Gasteiger partial charge in [0.15, 0.2) is 0 Å². The Bertz CT molecular complexity index is 1250. The van der Waals surface area contributed by atoms with Crippen LogP contribution >= 0.6 is 0 Å². The summed E-state index contributed by atoms with van der Waals surface area (Å²) in [6.07, 6.45) is 2.52. The molecule has 2 amide bonds. The zero-order valence-corrected chi connectivity index (χ0v) is 20.8. The van der Waals surface area contributed by atoms with Crippen LogP contribution < -0.4 is 10.6 Å². The molecule has 0 saturated heterocycles. The van der Waals surface area contributed by atoms with Gasteiger partial charge in [-0.3, -0.25) is 14.4 Å². The molecule has 0 aliphatic heterocycles. The topological polar surface area (TPSA) is 109 Å². The summed E-state index contributed by atoms with van der Waals surface area (Å²) in [6, 6.07) is 18.1. The highest BCUT2D eigenvalue weighted by Crippen LogP contribution is 2.47. The van der Waals surface area contributed by atoms with Crippen LogP contribution in [-0.2, 0) is 27.2 Å². The summed E-state index contributed by atoms with van der Waals surface area (Å²) in [5.74, 6) is -4.44. The van der Waals surface area contributed by atoms with Crippen LogP contribution in [0, 0.1) is 11.8 Å². The maximum Gasteiger partial charge on any atom is 0.235 e. The molecule has 3 N–H and O–H groups in total. The largest absolute Gasteiger partial charge is 0.469 e. The predicted octanol–water partition coefficient (Wildman–Crippen LogP) is 4.72. The van der Waals surface area contributed by atoms with Crippen molar-refractivity contribution in [3.63, 3.8) is 0 Å². The lowest BCUT2D eigenvalue weighted by Gasteiger charge is -2.43. The van der Waals surface area contributed by atoms with Gasteiger partial charge >= 0.3 is 0 Å². The Kier molecular flexibility index (Phi) is 7.40.